The average molecular weight is 348 g/mol. The van der Waals surface area contributed by atoms with Crippen LogP contribution in [-0.2, 0) is 20.7 Å². The third kappa shape index (κ3) is 4.75. The van der Waals surface area contributed by atoms with Crippen molar-refractivity contribution in [1.82, 2.24) is 10.3 Å². The van der Waals surface area contributed by atoms with Crippen LogP contribution in [0.4, 0.5) is 0 Å². The fraction of sp³-hybridized carbons (Fsp3) is 0.556. The molecule has 1 aromatic carbocycles. The van der Waals surface area contributed by atoms with E-state index in [1.807, 2.05) is 18.2 Å². The summed E-state index contributed by atoms with van der Waals surface area (Å²) >= 11 is 1.68. The van der Waals surface area contributed by atoms with Crippen molar-refractivity contribution in [3.63, 3.8) is 0 Å². The summed E-state index contributed by atoms with van der Waals surface area (Å²) in [5, 5.41) is 3.97. The van der Waals surface area contributed by atoms with Gasteiger partial charge in [0.15, 0.2) is 0 Å². The van der Waals surface area contributed by atoms with Gasteiger partial charge in [-0.3, -0.25) is 4.79 Å². The van der Waals surface area contributed by atoms with Crippen LogP contribution < -0.4 is 5.32 Å². The van der Waals surface area contributed by atoms with Gasteiger partial charge in [0.2, 0.25) is 5.91 Å². The first-order valence-corrected chi connectivity index (χ1v) is 9.39. The second-order valence-corrected chi connectivity index (χ2v) is 7.20. The van der Waals surface area contributed by atoms with Gasteiger partial charge in [-0.2, -0.15) is 0 Å². The highest BCUT2D eigenvalue weighted by Crippen LogP contribution is 2.21. The van der Waals surface area contributed by atoms with Gasteiger partial charge in [-0.1, -0.05) is 12.1 Å². The summed E-state index contributed by atoms with van der Waals surface area (Å²) in [7, 11) is 0. The molecule has 5 nitrogen and oxygen atoms in total. The number of carbonyl (C=O) groups is 1. The zero-order chi connectivity index (χ0) is 16.8. The molecule has 6 heteroatoms. The molecule has 0 radical (unpaired) electrons. The molecule has 2 aromatic rings. The minimum absolute atomic E-state index is 0.0769. The minimum atomic E-state index is -0.453. The van der Waals surface area contributed by atoms with E-state index < -0.39 is 6.10 Å². The van der Waals surface area contributed by atoms with Crippen LogP contribution in [0.3, 0.4) is 0 Å². The normalized spacial score (nSPS) is 19.3. The monoisotopic (exact) mass is 348 g/mol. The molecule has 1 amide bonds. The first-order chi connectivity index (χ1) is 11.7. The van der Waals surface area contributed by atoms with E-state index in [4.69, 9.17) is 9.47 Å². The van der Waals surface area contributed by atoms with Crippen molar-refractivity contribution in [3.8, 4) is 0 Å². The van der Waals surface area contributed by atoms with Gasteiger partial charge in [-0.05, 0) is 38.3 Å². The molecule has 0 saturated carbocycles. The Labute approximate surface area is 146 Å². The predicted molar refractivity (Wildman–Crippen MR) is 95.3 cm³/mol. The number of fused-ring (bicyclic) bond motifs is 1. The molecule has 0 bridgehead atoms. The highest BCUT2D eigenvalue weighted by atomic mass is 32.1. The van der Waals surface area contributed by atoms with E-state index >= 15 is 0 Å². The molecule has 2 atom stereocenters. The zero-order valence-corrected chi connectivity index (χ0v) is 14.8. The molecule has 0 spiro atoms. The van der Waals surface area contributed by atoms with Gasteiger partial charge in [0.25, 0.3) is 0 Å². The Morgan fingerprint density at radius 2 is 2.33 bits per heavy atom. The van der Waals surface area contributed by atoms with Crippen molar-refractivity contribution >= 4 is 27.5 Å². The lowest BCUT2D eigenvalue weighted by Gasteiger charge is -2.23. The van der Waals surface area contributed by atoms with E-state index in [9.17, 15) is 4.79 Å². The van der Waals surface area contributed by atoms with Crippen molar-refractivity contribution in [1.29, 1.82) is 0 Å². The Morgan fingerprint density at radius 1 is 1.46 bits per heavy atom. The standard InChI is InChI=1S/C18H24N2O3S/c1-13(23-12-14-6-4-5-11-22-14)18(21)19-10-9-17-20-15-7-2-3-8-16(15)24-17/h2-3,7-8,13-14H,4-6,9-12H2,1H3,(H,19,21). The Balaban J connectivity index is 1.38. The van der Waals surface area contributed by atoms with E-state index in [-0.39, 0.29) is 12.0 Å². The van der Waals surface area contributed by atoms with Crippen LogP contribution in [0.15, 0.2) is 24.3 Å². The fourth-order valence-electron chi connectivity index (χ4n) is 2.73. The first-order valence-electron chi connectivity index (χ1n) is 8.58. The van der Waals surface area contributed by atoms with Crippen molar-refractivity contribution < 1.29 is 14.3 Å². The van der Waals surface area contributed by atoms with Crippen molar-refractivity contribution in [2.75, 3.05) is 19.8 Å². The number of benzene rings is 1. The molecule has 24 heavy (non-hydrogen) atoms. The van der Waals surface area contributed by atoms with Gasteiger partial charge in [-0.15, -0.1) is 11.3 Å². The molecular formula is C18H24N2O3S. The quantitative estimate of drug-likeness (QED) is 0.836. The number of thiazole rings is 1. The maximum Gasteiger partial charge on any atom is 0.248 e. The molecule has 2 unspecified atom stereocenters. The van der Waals surface area contributed by atoms with Crippen LogP contribution in [0.1, 0.15) is 31.2 Å². The Morgan fingerprint density at radius 3 is 3.12 bits per heavy atom. The second kappa shape index (κ2) is 8.55. The number of para-hydroxylation sites is 1. The topological polar surface area (TPSA) is 60.5 Å². The largest absolute Gasteiger partial charge is 0.376 e. The number of hydrogen-bond acceptors (Lipinski definition) is 5. The number of aromatic nitrogens is 1. The van der Waals surface area contributed by atoms with E-state index in [1.165, 1.54) is 11.1 Å². The smallest absolute Gasteiger partial charge is 0.248 e. The van der Waals surface area contributed by atoms with Crippen LogP contribution in [-0.4, -0.2) is 42.9 Å². The van der Waals surface area contributed by atoms with Gasteiger partial charge < -0.3 is 14.8 Å². The number of amides is 1. The Hall–Kier alpha value is -1.50. The first kappa shape index (κ1) is 17.3. The van der Waals surface area contributed by atoms with Crippen LogP contribution in [0.25, 0.3) is 10.2 Å². The lowest BCUT2D eigenvalue weighted by Crippen LogP contribution is -2.37. The number of ether oxygens (including phenoxy) is 2. The number of nitrogens with one attached hydrogen (secondary N) is 1. The van der Waals surface area contributed by atoms with Gasteiger partial charge in [0.1, 0.15) is 6.10 Å². The number of rotatable bonds is 7. The lowest BCUT2D eigenvalue weighted by atomic mass is 10.1. The van der Waals surface area contributed by atoms with Crippen molar-refractivity contribution in [2.45, 2.75) is 44.8 Å². The summed E-state index contributed by atoms with van der Waals surface area (Å²) in [6.45, 7) is 3.66. The summed E-state index contributed by atoms with van der Waals surface area (Å²) in [6, 6.07) is 8.08. The summed E-state index contributed by atoms with van der Waals surface area (Å²) in [6.07, 6.45) is 3.74. The van der Waals surface area contributed by atoms with Crippen molar-refractivity contribution in [2.24, 2.45) is 0 Å². The SMILES string of the molecule is CC(OCC1CCCCO1)C(=O)NCCc1nc2ccccc2s1. The number of nitrogens with zero attached hydrogens (tertiary/aromatic N) is 1. The number of carbonyl (C=O) groups excluding carboxylic acids is 1. The van der Waals surface area contributed by atoms with Gasteiger partial charge in [0, 0.05) is 19.6 Å². The van der Waals surface area contributed by atoms with E-state index in [0.29, 0.717) is 13.2 Å². The summed E-state index contributed by atoms with van der Waals surface area (Å²) in [5.41, 5.74) is 1.02. The molecule has 1 aromatic heterocycles. The maximum atomic E-state index is 12.1. The van der Waals surface area contributed by atoms with E-state index in [0.717, 1.165) is 36.4 Å². The van der Waals surface area contributed by atoms with Crippen LogP contribution in [0, 0.1) is 0 Å². The van der Waals surface area contributed by atoms with Gasteiger partial charge in [-0.25, -0.2) is 4.98 Å². The second-order valence-electron chi connectivity index (χ2n) is 6.08. The third-order valence-electron chi connectivity index (χ3n) is 4.15. The van der Waals surface area contributed by atoms with Gasteiger partial charge >= 0.3 is 0 Å². The average Bonchev–Trinajstić information content (AvgIpc) is 3.03. The third-order valence-corrected chi connectivity index (χ3v) is 5.25. The molecule has 1 aliphatic heterocycles. The van der Waals surface area contributed by atoms with Crippen LogP contribution in [0.5, 0.6) is 0 Å². The minimum Gasteiger partial charge on any atom is -0.376 e. The van der Waals surface area contributed by atoms with Crippen LogP contribution >= 0.6 is 11.3 Å². The van der Waals surface area contributed by atoms with Gasteiger partial charge in [0.05, 0.1) is 27.9 Å². The molecule has 0 aliphatic carbocycles. The van der Waals surface area contributed by atoms with E-state index in [2.05, 4.69) is 16.4 Å². The highest BCUT2D eigenvalue weighted by molar-refractivity contribution is 7.18. The fourth-order valence-corrected chi connectivity index (χ4v) is 3.70. The Bertz CT molecular complexity index is 634. The molecule has 2 heterocycles. The molecule has 1 saturated heterocycles. The molecule has 1 fully saturated rings. The molecule has 3 rings (SSSR count). The highest BCUT2D eigenvalue weighted by Gasteiger charge is 2.18. The molecule has 1 N–H and O–H groups in total. The Kier molecular flexibility index (Phi) is 6.18. The summed E-state index contributed by atoms with van der Waals surface area (Å²) in [5.74, 6) is -0.0769. The maximum absolute atomic E-state index is 12.1. The van der Waals surface area contributed by atoms with Crippen molar-refractivity contribution in [3.05, 3.63) is 29.3 Å². The van der Waals surface area contributed by atoms with Crippen LogP contribution in [0.2, 0.25) is 0 Å². The number of hydrogen-bond donors (Lipinski definition) is 1. The zero-order valence-electron chi connectivity index (χ0n) is 14.0. The summed E-state index contributed by atoms with van der Waals surface area (Å²) in [4.78, 5) is 16.7. The van der Waals surface area contributed by atoms with E-state index in [1.54, 1.807) is 18.3 Å². The molecular weight excluding hydrogens is 324 g/mol. The predicted octanol–water partition coefficient (Wildman–Crippen LogP) is 2.93. The summed E-state index contributed by atoms with van der Waals surface area (Å²) < 4.78 is 12.4. The lowest BCUT2D eigenvalue weighted by molar-refractivity contribution is -0.135. The molecule has 1 aliphatic rings. The molecule has 130 valence electrons.